The Labute approximate surface area is 192 Å². The second kappa shape index (κ2) is 9.07. The maximum atomic E-state index is 12.9. The number of carbonyl (C=O) groups excluding carboxylic acids is 1. The van der Waals surface area contributed by atoms with E-state index in [0.717, 1.165) is 43.5 Å². The van der Waals surface area contributed by atoms with Gasteiger partial charge in [0.1, 0.15) is 5.01 Å². The molecule has 1 aromatic rings. The van der Waals surface area contributed by atoms with E-state index in [1.165, 1.54) is 36.2 Å². The summed E-state index contributed by atoms with van der Waals surface area (Å²) in [4.78, 5) is 15.2. The van der Waals surface area contributed by atoms with E-state index in [0.29, 0.717) is 30.2 Å². The second-order valence-corrected chi connectivity index (χ2v) is 11.7. The van der Waals surface area contributed by atoms with Crippen LogP contribution in [0.2, 0.25) is 0 Å². The standard InChI is InChI=1S/C24H34F3N3OS/c1-15(2)5-4-6-16(3)7-8-30-22(28-20(31)24(25,26)27)32-21(29-30)23-12-17-9-18(13-23)11-19(10-17)14-23/h5,16-19H,4,6-14H2,1-3H3/t16-,17?,18?,19?,23?/m0/s1. The molecule has 0 spiro atoms. The first-order chi connectivity index (χ1) is 15.0. The highest BCUT2D eigenvalue weighted by Gasteiger charge is 2.53. The van der Waals surface area contributed by atoms with Crippen molar-refractivity contribution in [3.05, 3.63) is 21.5 Å². The van der Waals surface area contributed by atoms with E-state index in [-0.39, 0.29) is 10.2 Å². The number of halogens is 3. The summed E-state index contributed by atoms with van der Waals surface area (Å²) in [5.74, 6) is 0.514. The van der Waals surface area contributed by atoms with Gasteiger partial charge in [-0.1, -0.05) is 29.9 Å². The number of carbonyl (C=O) groups is 1. The Balaban J connectivity index is 1.57. The van der Waals surface area contributed by atoms with E-state index >= 15 is 0 Å². The largest absolute Gasteiger partial charge is 0.473 e. The Kier molecular flexibility index (Phi) is 6.72. The first-order valence-electron chi connectivity index (χ1n) is 11.9. The third kappa shape index (κ3) is 5.20. The van der Waals surface area contributed by atoms with E-state index < -0.39 is 12.1 Å². The third-order valence-corrected chi connectivity index (χ3v) is 8.79. The quantitative estimate of drug-likeness (QED) is 0.448. The molecule has 4 fully saturated rings. The maximum Gasteiger partial charge on any atom is 0.473 e. The van der Waals surface area contributed by atoms with Gasteiger partial charge in [0.2, 0.25) is 4.80 Å². The van der Waals surface area contributed by atoms with E-state index in [2.05, 4.69) is 31.8 Å². The van der Waals surface area contributed by atoms with Crippen molar-refractivity contribution < 1.29 is 18.0 Å². The Bertz CT molecular complexity index is 904. The van der Waals surface area contributed by atoms with Crippen molar-refractivity contribution in [2.45, 2.75) is 96.7 Å². The van der Waals surface area contributed by atoms with Crippen LogP contribution in [-0.4, -0.2) is 21.9 Å². The van der Waals surface area contributed by atoms with Crippen LogP contribution in [0.25, 0.3) is 0 Å². The molecule has 1 atom stereocenters. The Morgan fingerprint density at radius 2 is 1.78 bits per heavy atom. The van der Waals surface area contributed by atoms with Crippen molar-refractivity contribution in [3.8, 4) is 0 Å². The summed E-state index contributed by atoms with van der Waals surface area (Å²) in [7, 11) is 0. The molecule has 4 aliphatic carbocycles. The number of aromatic nitrogens is 2. The number of hydrogen-bond donors (Lipinski definition) is 0. The molecule has 4 aliphatic rings. The lowest BCUT2D eigenvalue weighted by Gasteiger charge is -2.55. The van der Waals surface area contributed by atoms with Crippen molar-refractivity contribution in [2.24, 2.45) is 28.7 Å². The van der Waals surface area contributed by atoms with Gasteiger partial charge in [0.25, 0.3) is 0 Å². The molecule has 8 heteroatoms. The van der Waals surface area contributed by atoms with Crippen LogP contribution >= 0.6 is 11.3 Å². The molecule has 0 aromatic carbocycles. The van der Waals surface area contributed by atoms with Crippen LogP contribution in [0.5, 0.6) is 0 Å². The molecule has 0 unspecified atom stereocenters. The molecular formula is C24H34F3N3OS. The lowest BCUT2D eigenvalue weighted by Crippen LogP contribution is -2.48. The molecule has 1 amide bonds. The minimum atomic E-state index is -4.96. The van der Waals surface area contributed by atoms with Gasteiger partial charge in [0, 0.05) is 12.0 Å². The van der Waals surface area contributed by atoms with Gasteiger partial charge < -0.3 is 0 Å². The predicted molar refractivity (Wildman–Crippen MR) is 119 cm³/mol. The number of allylic oxidation sites excluding steroid dienone is 2. The summed E-state index contributed by atoms with van der Waals surface area (Å²) in [6, 6.07) is 0. The number of rotatable bonds is 7. The number of hydrogen-bond acceptors (Lipinski definition) is 3. The summed E-state index contributed by atoms with van der Waals surface area (Å²) in [6.07, 6.45) is 7.18. The molecule has 4 nitrogen and oxygen atoms in total. The van der Waals surface area contributed by atoms with Crippen molar-refractivity contribution in [3.63, 3.8) is 0 Å². The first-order valence-corrected chi connectivity index (χ1v) is 12.7. The smallest absolute Gasteiger partial charge is 0.262 e. The Hall–Kier alpha value is -1.44. The van der Waals surface area contributed by atoms with Crippen molar-refractivity contribution in [1.29, 1.82) is 0 Å². The highest BCUT2D eigenvalue weighted by molar-refractivity contribution is 7.09. The van der Waals surface area contributed by atoms with Gasteiger partial charge in [-0.2, -0.15) is 23.3 Å². The lowest BCUT2D eigenvalue weighted by atomic mass is 9.50. The Morgan fingerprint density at radius 1 is 1.19 bits per heavy atom. The molecule has 0 saturated heterocycles. The van der Waals surface area contributed by atoms with E-state index in [1.807, 2.05) is 0 Å². The van der Waals surface area contributed by atoms with E-state index in [1.54, 1.807) is 4.68 Å². The van der Waals surface area contributed by atoms with Crippen molar-refractivity contribution >= 4 is 17.2 Å². The van der Waals surface area contributed by atoms with E-state index in [9.17, 15) is 18.0 Å². The predicted octanol–water partition coefficient (Wildman–Crippen LogP) is 6.17. The molecule has 178 valence electrons. The maximum absolute atomic E-state index is 12.9. The van der Waals surface area contributed by atoms with Crippen LogP contribution in [0, 0.1) is 23.7 Å². The molecular weight excluding hydrogens is 435 g/mol. The highest BCUT2D eigenvalue weighted by Crippen LogP contribution is 2.60. The van der Waals surface area contributed by atoms with Gasteiger partial charge in [0.05, 0.1) is 0 Å². The zero-order valence-electron chi connectivity index (χ0n) is 19.2. The van der Waals surface area contributed by atoms with Gasteiger partial charge >= 0.3 is 12.1 Å². The molecule has 1 heterocycles. The van der Waals surface area contributed by atoms with Gasteiger partial charge in [-0.05, 0) is 95.3 Å². The molecule has 0 N–H and O–H groups in total. The molecule has 5 rings (SSSR count). The zero-order chi connectivity index (χ0) is 23.1. The summed E-state index contributed by atoms with van der Waals surface area (Å²) < 4.78 is 40.4. The number of nitrogens with zero attached hydrogens (tertiary/aromatic N) is 3. The molecule has 0 aliphatic heterocycles. The van der Waals surface area contributed by atoms with Gasteiger partial charge in [0.15, 0.2) is 0 Å². The van der Waals surface area contributed by atoms with Crippen molar-refractivity contribution in [1.82, 2.24) is 9.78 Å². The summed E-state index contributed by atoms with van der Waals surface area (Å²) in [5, 5.41) is 5.73. The minimum absolute atomic E-state index is 0.0225. The monoisotopic (exact) mass is 469 g/mol. The summed E-state index contributed by atoms with van der Waals surface area (Å²) in [5.41, 5.74) is 1.27. The van der Waals surface area contributed by atoms with Crippen LogP contribution < -0.4 is 4.80 Å². The zero-order valence-corrected chi connectivity index (χ0v) is 20.1. The SMILES string of the molecule is CC(C)=CCC[C@H](C)CCn1nc(C23CC4CC(CC(C4)C2)C3)sc1=NC(=O)C(F)(F)F. The molecule has 0 radical (unpaired) electrons. The average Bonchev–Trinajstić information content (AvgIpc) is 3.08. The summed E-state index contributed by atoms with van der Waals surface area (Å²) >= 11 is 1.22. The lowest BCUT2D eigenvalue weighted by molar-refractivity contribution is -0.169. The van der Waals surface area contributed by atoms with Crippen LogP contribution in [0.3, 0.4) is 0 Å². The van der Waals surface area contributed by atoms with Crippen LogP contribution in [0.4, 0.5) is 13.2 Å². The number of aryl methyl sites for hydroxylation is 1. The van der Waals surface area contributed by atoms with Gasteiger partial charge in [-0.3, -0.25) is 4.79 Å². The van der Waals surface area contributed by atoms with Crippen LogP contribution in [0.1, 0.15) is 83.6 Å². The van der Waals surface area contributed by atoms with Crippen LogP contribution in [0.15, 0.2) is 16.6 Å². The molecule has 4 saturated carbocycles. The van der Waals surface area contributed by atoms with Gasteiger partial charge in [-0.25, -0.2) is 4.68 Å². The number of alkyl halides is 3. The third-order valence-electron chi connectivity index (χ3n) is 7.60. The molecule has 32 heavy (non-hydrogen) atoms. The topological polar surface area (TPSA) is 47.2 Å². The summed E-state index contributed by atoms with van der Waals surface area (Å²) in [6.45, 7) is 6.80. The fourth-order valence-corrected chi connectivity index (χ4v) is 7.56. The Morgan fingerprint density at radius 3 is 2.31 bits per heavy atom. The number of amides is 1. The highest BCUT2D eigenvalue weighted by atomic mass is 32.1. The fourth-order valence-electron chi connectivity index (χ4n) is 6.42. The first kappa shape index (κ1) is 23.7. The fraction of sp³-hybridized carbons (Fsp3) is 0.792. The van der Waals surface area contributed by atoms with E-state index in [4.69, 9.17) is 5.10 Å². The average molecular weight is 470 g/mol. The molecule has 1 aromatic heterocycles. The second-order valence-electron chi connectivity index (χ2n) is 10.8. The van der Waals surface area contributed by atoms with Crippen molar-refractivity contribution in [2.75, 3.05) is 0 Å². The normalized spacial score (nSPS) is 30.6. The van der Waals surface area contributed by atoms with Crippen LogP contribution in [-0.2, 0) is 16.8 Å². The molecule has 4 bridgehead atoms. The van der Waals surface area contributed by atoms with Gasteiger partial charge in [-0.15, -0.1) is 0 Å². The minimum Gasteiger partial charge on any atom is -0.262 e.